The predicted octanol–water partition coefficient (Wildman–Crippen LogP) is 1.79. The minimum Gasteiger partial charge on any atom is -0.480 e. The van der Waals surface area contributed by atoms with E-state index in [-0.39, 0.29) is 17.4 Å². The molecular formula is C14H15N3O3. The Bertz CT molecular complexity index is 602. The van der Waals surface area contributed by atoms with Gasteiger partial charge in [0.2, 0.25) is 5.88 Å². The molecule has 0 aliphatic carbocycles. The van der Waals surface area contributed by atoms with Crippen molar-refractivity contribution in [2.45, 2.75) is 0 Å². The Morgan fingerprint density at radius 2 is 1.90 bits per heavy atom. The van der Waals surface area contributed by atoms with Crippen molar-refractivity contribution < 1.29 is 14.4 Å². The largest absolute Gasteiger partial charge is 0.480 e. The molecule has 6 nitrogen and oxygen atoms in total. The zero-order valence-electron chi connectivity index (χ0n) is 11.5. The molecule has 104 valence electrons. The molecule has 1 aromatic heterocycles. The van der Waals surface area contributed by atoms with Crippen LogP contribution >= 0.6 is 0 Å². The number of benzene rings is 1. The SMILES string of the molecule is COc1nc(-c2ccccc2)ncc1C(=O)N(C)OC. The van der Waals surface area contributed by atoms with Crippen LogP contribution in [0.2, 0.25) is 0 Å². The van der Waals surface area contributed by atoms with Gasteiger partial charge in [0.1, 0.15) is 5.56 Å². The molecule has 1 aromatic carbocycles. The van der Waals surface area contributed by atoms with Gasteiger partial charge < -0.3 is 4.74 Å². The van der Waals surface area contributed by atoms with E-state index in [2.05, 4.69) is 9.97 Å². The number of methoxy groups -OCH3 is 1. The Morgan fingerprint density at radius 3 is 2.50 bits per heavy atom. The van der Waals surface area contributed by atoms with Crippen molar-refractivity contribution in [2.75, 3.05) is 21.3 Å². The van der Waals surface area contributed by atoms with E-state index in [4.69, 9.17) is 9.57 Å². The number of rotatable bonds is 4. The van der Waals surface area contributed by atoms with Crippen LogP contribution in [0.5, 0.6) is 5.88 Å². The lowest BCUT2D eigenvalue weighted by molar-refractivity contribution is -0.0759. The van der Waals surface area contributed by atoms with Crippen LogP contribution in [0, 0.1) is 0 Å². The maximum atomic E-state index is 12.0. The molecule has 2 rings (SSSR count). The topological polar surface area (TPSA) is 64.6 Å². The van der Waals surface area contributed by atoms with Crippen LogP contribution in [-0.4, -0.2) is 42.2 Å². The summed E-state index contributed by atoms with van der Waals surface area (Å²) in [6, 6.07) is 9.47. The lowest BCUT2D eigenvalue weighted by Crippen LogP contribution is -2.26. The fourth-order valence-corrected chi connectivity index (χ4v) is 1.65. The van der Waals surface area contributed by atoms with Crippen LogP contribution < -0.4 is 4.74 Å². The van der Waals surface area contributed by atoms with Gasteiger partial charge in [-0.2, -0.15) is 4.98 Å². The Labute approximate surface area is 116 Å². The van der Waals surface area contributed by atoms with Crippen LogP contribution in [0.25, 0.3) is 11.4 Å². The maximum Gasteiger partial charge on any atom is 0.284 e. The summed E-state index contributed by atoms with van der Waals surface area (Å²) in [4.78, 5) is 25.4. The van der Waals surface area contributed by atoms with Crippen LogP contribution in [0.4, 0.5) is 0 Å². The standard InChI is InChI=1S/C14H15N3O3/c1-17(20-3)14(18)11-9-15-12(16-13(11)19-2)10-7-5-4-6-8-10/h4-9H,1-3H3. The minimum atomic E-state index is -0.371. The Morgan fingerprint density at radius 1 is 1.20 bits per heavy atom. The van der Waals surface area contributed by atoms with Crippen LogP contribution in [0.3, 0.4) is 0 Å². The van der Waals surface area contributed by atoms with Crippen LogP contribution in [0.1, 0.15) is 10.4 Å². The minimum absolute atomic E-state index is 0.216. The fourth-order valence-electron chi connectivity index (χ4n) is 1.65. The first-order chi connectivity index (χ1) is 9.67. The molecule has 2 aromatic rings. The molecule has 0 atom stereocenters. The summed E-state index contributed by atoms with van der Waals surface area (Å²) < 4.78 is 5.17. The molecule has 0 saturated heterocycles. The summed E-state index contributed by atoms with van der Waals surface area (Å²) in [6.45, 7) is 0. The van der Waals surface area contributed by atoms with Gasteiger partial charge in [-0.15, -0.1) is 0 Å². The summed E-state index contributed by atoms with van der Waals surface area (Å²) in [7, 11) is 4.37. The van der Waals surface area contributed by atoms with E-state index in [1.54, 1.807) is 0 Å². The second-order valence-corrected chi connectivity index (χ2v) is 3.97. The summed E-state index contributed by atoms with van der Waals surface area (Å²) in [5.41, 5.74) is 1.10. The van der Waals surface area contributed by atoms with Crippen molar-refractivity contribution in [1.29, 1.82) is 0 Å². The third-order valence-electron chi connectivity index (χ3n) is 2.77. The maximum absolute atomic E-state index is 12.0. The van der Waals surface area contributed by atoms with Gasteiger partial charge in [0, 0.05) is 18.8 Å². The molecule has 0 saturated carbocycles. The number of hydroxylamine groups is 2. The fraction of sp³-hybridized carbons (Fsp3) is 0.214. The molecule has 0 aliphatic heterocycles. The first-order valence-electron chi connectivity index (χ1n) is 5.96. The number of ether oxygens (including phenoxy) is 1. The van der Waals surface area contributed by atoms with Crippen molar-refractivity contribution in [1.82, 2.24) is 15.0 Å². The molecule has 0 N–H and O–H groups in total. The highest BCUT2D eigenvalue weighted by Crippen LogP contribution is 2.21. The molecule has 1 heterocycles. The van der Waals surface area contributed by atoms with Crippen molar-refractivity contribution in [2.24, 2.45) is 0 Å². The molecular weight excluding hydrogens is 258 g/mol. The summed E-state index contributed by atoms with van der Waals surface area (Å²) in [6.07, 6.45) is 1.44. The lowest BCUT2D eigenvalue weighted by atomic mass is 10.2. The smallest absolute Gasteiger partial charge is 0.284 e. The molecule has 0 aliphatic rings. The molecule has 0 bridgehead atoms. The summed E-state index contributed by atoms with van der Waals surface area (Å²) in [5, 5.41) is 1.09. The van der Waals surface area contributed by atoms with E-state index >= 15 is 0 Å². The first-order valence-corrected chi connectivity index (χ1v) is 5.96. The molecule has 20 heavy (non-hydrogen) atoms. The van der Waals surface area contributed by atoms with Crippen molar-refractivity contribution in [3.05, 3.63) is 42.1 Å². The van der Waals surface area contributed by atoms with Gasteiger partial charge in [-0.05, 0) is 0 Å². The van der Waals surface area contributed by atoms with Gasteiger partial charge in [0.05, 0.1) is 14.2 Å². The highest BCUT2D eigenvalue weighted by atomic mass is 16.7. The highest BCUT2D eigenvalue weighted by molar-refractivity contribution is 5.95. The molecule has 6 heteroatoms. The average Bonchev–Trinajstić information content (AvgIpc) is 2.53. The first kappa shape index (κ1) is 14.0. The van der Waals surface area contributed by atoms with E-state index < -0.39 is 0 Å². The zero-order valence-corrected chi connectivity index (χ0v) is 11.5. The lowest BCUT2D eigenvalue weighted by Gasteiger charge is -2.15. The van der Waals surface area contributed by atoms with Crippen molar-refractivity contribution >= 4 is 5.91 Å². The van der Waals surface area contributed by atoms with Crippen molar-refractivity contribution in [3.63, 3.8) is 0 Å². The van der Waals surface area contributed by atoms with Crippen LogP contribution in [-0.2, 0) is 4.84 Å². The third-order valence-corrected chi connectivity index (χ3v) is 2.77. The Balaban J connectivity index is 2.41. The number of hydrogen-bond acceptors (Lipinski definition) is 5. The normalized spacial score (nSPS) is 10.2. The molecule has 0 fully saturated rings. The average molecular weight is 273 g/mol. The molecule has 0 radical (unpaired) electrons. The summed E-state index contributed by atoms with van der Waals surface area (Å²) in [5.74, 6) is 0.343. The number of carbonyl (C=O) groups excluding carboxylic acids is 1. The number of nitrogens with zero attached hydrogens (tertiary/aromatic N) is 3. The van der Waals surface area contributed by atoms with Gasteiger partial charge in [-0.25, -0.2) is 10.0 Å². The number of carbonyl (C=O) groups is 1. The highest BCUT2D eigenvalue weighted by Gasteiger charge is 2.19. The number of hydrogen-bond donors (Lipinski definition) is 0. The quantitative estimate of drug-likeness (QED) is 0.795. The van der Waals surface area contributed by atoms with Crippen molar-refractivity contribution in [3.8, 4) is 17.3 Å². The Kier molecular flexibility index (Phi) is 4.27. The molecule has 0 spiro atoms. The monoisotopic (exact) mass is 273 g/mol. The van der Waals surface area contributed by atoms with Gasteiger partial charge in [-0.3, -0.25) is 9.63 Å². The van der Waals surface area contributed by atoms with Gasteiger partial charge in [0.15, 0.2) is 5.82 Å². The van der Waals surface area contributed by atoms with E-state index in [1.165, 1.54) is 27.5 Å². The zero-order chi connectivity index (χ0) is 14.5. The summed E-state index contributed by atoms with van der Waals surface area (Å²) >= 11 is 0. The third kappa shape index (κ3) is 2.75. The van der Waals surface area contributed by atoms with E-state index in [9.17, 15) is 4.79 Å². The Hall–Kier alpha value is -2.47. The second kappa shape index (κ2) is 6.12. The predicted molar refractivity (Wildman–Crippen MR) is 73.1 cm³/mol. The number of aromatic nitrogens is 2. The van der Waals surface area contributed by atoms with Gasteiger partial charge in [-0.1, -0.05) is 30.3 Å². The molecule has 0 unspecified atom stereocenters. The second-order valence-electron chi connectivity index (χ2n) is 3.97. The van der Waals surface area contributed by atoms with Gasteiger partial charge >= 0.3 is 0 Å². The number of amides is 1. The molecule has 1 amide bonds. The van der Waals surface area contributed by atoms with E-state index in [0.29, 0.717) is 5.82 Å². The van der Waals surface area contributed by atoms with E-state index in [1.807, 2.05) is 30.3 Å². The van der Waals surface area contributed by atoms with E-state index in [0.717, 1.165) is 10.6 Å². The van der Waals surface area contributed by atoms with Gasteiger partial charge in [0.25, 0.3) is 5.91 Å². The van der Waals surface area contributed by atoms with Crippen LogP contribution in [0.15, 0.2) is 36.5 Å².